The molecule has 12 heteroatoms. The Morgan fingerprint density at radius 2 is 1.77 bits per heavy atom. The Bertz CT molecular complexity index is 1380. The maximum absolute atomic E-state index is 13.0. The first kappa shape index (κ1) is 29.6. The van der Waals surface area contributed by atoms with Gasteiger partial charge in [-0.2, -0.15) is 0 Å². The first-order valence-electron chi connectivity index (χ1n) is 12.4. The summed E-state index contributed by atoms with van der Waals surface area (Å²) in [4.78, 5) is 54.0. The number of carboxylic acids is 1. The van der Waals surface area contributed by atoms with Gasteiger partial charge in [0.15, 0.2) is 0 Å². The normalized spacial score (nSPS) is 11.2. The van der Waals surface area contributed by atoms with E-state index >= 15 is 0 Å². The molecule has 0 bridgehead atoms. The molecule has 3 rings (SSSR count). The zero-order chi connectivity index (χ0) is 29.2. The van der Waals surface area contributed by atoms with Gasteiger partial charge in [0.25, 0.3) is 0 Å². The maximum Gasteiger partial charge on any atom is 0.323 e. The van der Waals surface area contributed by atoms with Crippen LogP contribution >= 0.6 is 0 Å². The number of para-hydroxylation sites is 1. The van der Waals surface area contributed by atoms with Crippen LogP contribution in [0.3, 0.4) is 0 Å². The van der Waals surface area contributed by atoms with Gasteiger partial charge in [-0.25, -0.2) is 9.78 Å². The highest BCUT2D eigenvalue weighted by molar-refractivity contribution is 6.01. The molecule has 0 saturated carbocycles. The molecule has 3 aromatic rings. The number of aliphatic carboxylic acids is 1. The van der Waals surface area contributed by atoms with Crippen molar-refractivity contribution in [1.82, 2.24) is 10.3 Å². The summed E-state index contributed by atoms with van der Waals surface area (Å²) in [5.41, 5.74) is 8.49. The predicted octanol–water partition coefficient (Wildman–Crippen LogP) is 2.84. The van der Waals surface area contributed by atoms with Gasteiger partial charge in [0.2, 0.25) is 11.8 Å². The van der Waals surface area contributed by atoms with E-state index in [1.54, 1.807) is 43.4 Å². The molecule has 0 saturated heterocycles. The van der Waals surface area contributed by atoms with E-state index in [1.165, 1.54) is 18.2 Å². The van der Waals surface area contributed by atoms with Gasteiger partial charge >= 0.3 is 12.0 Å². The molecule has 210 valence electrons. The van der Waals surface area contributed by atoms with Crippen LogP contribution in [-0.2, 0) is 20.8 Å². The maximum atomic E-state index is 13.0. The Hall–Kier alpha value is -4.97. The number of nitrogens with two attached hydrogens (primary N) is 1. The molecule has 0 fully saturated rings. The van der Waals surface area contributed by atoms with E-state index in [4.69, 9.17) is 15.6 Å². The first-order chi connectivity index (χ1) is 19.1. The molecule has 1 atom stereocenters. The average Bonchev–Trinajstić information content (AvgIpc) is 2.94. The smallest absolute Gasteiger partial charge is 0.323 e. The van der Waals surface area contributed by atoms with Gasteiger partial charge in [0.05, 0.1) is 38.2 Å². The van der Waals surface area contributed by atoms with Crippen LogP contribution < -0.4 is 31.3 Å². The highest BCUT2D eigenvalue weighted by Gasteiger charge is 2.20. The van der Waals surface area contributed by atoms with Crippen molar-refractivity contribution in [3.8, 4) is 5.75 Å². The molecule has 12 nitrogen and oxygen atoms in total. The summed E-state index contributed by atoms with van der Waals surface area (Å²) in [6.07, 6.45) is 1.09. The number of aromatic nitrogens is 1. The summed E-state index contributed by atoms with van der Waals surface area (Å²) >= 11 is 0. The lowest BCUT2D eigenvalue weighted by Gasteiger charge is -2.20. The summed E-state index contributed by atoms with van der Waals surface area (Å²) in [7, 11) is 3.04. The second-order valence-corrected chi connectivity index (χ2v) is 8.93. The van der Waals surface area contributed by atoms with Crippen LogP contribution in [0.4, 0.5) is 22.0 Å². The summed E-state index contributed by atoms with van der Waals surface area (Å²) in [6, 6.07) is 14.4. The van der Waals surface area contributed by atoms with Gasteiger partial charge in [-0.1, -0.05) is 30.3 Å². The number of benzene rings is 2. The van der Waals surface area contributed by atoms with E-state index in [0.717, 1.165) is 5.56 Å². The number of methoxy groups -OCH3 is 1. The third kappa shape index (κ3) is 8.01. The van der Waals surface area contributed by atoms with Gasteiger partial charge in [-0.05, 0) is 47.9 Å². The molecular weight excluding hydrogens is 516 g/mol. The van der Waals surface area contributed by atoms with E-state index in [1.807, 2.05) is 25.1 Å². The second-order valence-electron chi connectivity index (χ2n) is 8.93. The average molecular weight is 549 g/mol. The molecule has 2 aromatic carbocycles. The number of carbonyl (C=O) groups excluding carboxylic acids is 3. The fourth-order valence-electron chi connectivity index (χ4n) is 3.84. The Kier molecular flexibility index (Phi) is 10.1. The van der Waals surface area contributed by atoms with Crippen molar-refractivity contribution in [3.63, 3.8) is 0 Å². The third-order valence-electron chi connectivity index (χ3n) is 6.05. The number of nitrogens with zero attached hydrogens (tertiary/aromatic N) is 2. The fraction of sp³-hybridized carbons (Fsp3) is 0.250. The SMILES string of the molecule is COc1cc(CC(=O)N(C)c2ccc(C(CC(=O)O)NC(=O)CN)cn2)ccc1NC(=O)Nc1ccccc1C. The number of amides is 4. The van der Waals surface area contributed by atoms with Crippen molar-refractivity contribution >= 4 is 41.0 Å². The standard InChI is InChI=1S/C28H32N6O6/c1-17-6-4-5-7-20(17)32-28(39)33-21-10-8-18(12-23(21)40-3)13-26(36)34(2)24-11-9-19(16-30-24)22(14-27(37)38)31-25(35)15-29/h4-12,16,22H,13-15,29H2,1-3H3,(H,31,35)(H,37,38)(H2,32,33,39). The number of likely N-dealkylation sites (N-methyl/N-ethyl adjacent to an activating group) is 1. The van der Waals surface area contributed by atoms with Gasteiger partial charge in [0, 0.05) is 18.9 Å². The highest BCUT2D eigenvalue weighted by Crippen LogP contribution is 2.27. The molecule has 1 aromatic heterocycles. The van der Waals surface area contributed by atoms with Crippen LogP contribution in [-0.4, -0.2) is 54.6 Å². The topological polar surface area (TPSA) is 176 Å². The van der Waals surface area contributed by atoms with Crippen LogP contribution in [0.1, 0.15) is 29.2 Å². The molecule has 0 spiro atoms. The van der Waals surface area contributed by atoms with Crippen LogP contribution in [0.2, 0.25) is 0 Å². The van der Waals surface area contributed by atoms with E-state index in [9.17, 15) is 19.2 Å². The quantitative estimate of drug-likeness (QED) is 0.243. The van der Waals surface area contributed by atoms with Crippen molar-refractivity contribution in [2.24, 2.45) is 5.73 Å². The summed E-state index contributed by atoms with van der Waals surface area (Å²) in [5, 5.41) is 17.3. The number of urea groups is 1. The Labute approximate surface area is 231 Å². The number of anilines is 3. The number of hydrogen-bond acceptors (Lipinski definition) is 7. The van der Waals surface area contributed by atoms with Gasteiger partial charge in [-0.3, -0.25) is 19.3 Å². The number of nitrogens with one attached hydrogen (secondary N) is 3. The minimum absolute atomic E-state index is 0.0280. The minimum atomic E-state index is -1.10. The summed E-state index contributed by atoms with van der Waals surface area (Å²) in [5.74, 6) is -1.13. The lowest BCUT2D eigenvalue weighted by Crippen LogP contribution is -2.35. The van der Waals surface area contributed by atoms with Gasteiger partial charge in [0.1, 0.15) is 11.6 Å². The van der Waals surface area contributed by atoms with Crippen molar-refractivity contribution in [2.75, 3.05) is 36.2 Å². The zero-order valence-corrected chi connectivity index (χ0v) is 22.4. The molecular formula is C28H32N6O6. The third-order valence-corrected chi connectivity index (χ3v) is 6.05. The van der Waals surface area contributed by atoms with E-state index in [2.05, 4.69) is 20.9 Å². The van der Waals surface area contributed by atoms with E-state index < -0.39 is 23.9 Å². The van der Waals surface area contributed by atoms with Crippen LogP contribution in [0, 0.1) is 6.92 Å². The first-order valence-corrected chi connectivity index (χ1v) is 12.4. The fourth-order valence-corrected chi connectivity index (χ4v) is 3.84. The van der Waals surface area contributed by atoms with Crippen molar-refractivity contribution in [1.29, 1.82) is 0 Å². The van der Waals surface area contributed by atoms with Crippen LogP contribution in [0.15, 0.2) is 60.8 Å². The Balaban J connectivity index is 1.66. The van der Waals surface area contributed by atoms with Gasteiger partial charge < -0.3 is 31.5 Å². The Morgan fingerprint density at radius 3 is 2.40 bits per heavy atom. The van der Waals surface area contributed by atoms with Crippen LogP contribution in [0.25, 0.3) is 0 Å². The molecule has 4 amide bonds. The number of carbonyl (C=O) groups is 4. The van der Waals surface area contributed by atoms with Crippen molar-refractivity contribution in [2.45, 2.75) is 25.8 Å². The summed E-state index contributed by atoms with van der Waals surface area (Å²) < 4.78 is 5.43. The molecule has 6 N–H and O–H groups in total. The number of rotatable bonds is 11. The largest absolute Gasteiger partial charge is 0.495 e. The summed E-state index contributed by atoms with van der Waals surface area (Å²) in [6.45, 7) is 1.61. The minimum Gasteiger partial charge on any atom is -0.495 e. The number of pyridine rings is 1. The Morgan fingerprint density at radius 1 is 1.05 bits per heavy atom. The highest BCUT2D eigenvalue weighted by atomic mass is 16.5. The molecule has 1 unspecified atom stereocenters. The number of ether oxygens (including phenoxy) is 1. The monoisotopic (exact) mass is 548 g/mol. The number of hydrogen-bond donors (Lipinski definition) is 5. The predicted molar refractivity (Wildman–Crippen MR) is 150 cm³/mol. The van der Waals surface area contributed by atoms with E-state index in [0.29, 0.717) is 34.1 Å². The number of carboxylic acid groups (broad SMARTS) is 1. The van der Waals surface area contributed by atoms with Gasteiger partial charge in [-0.15, -0.1) is 0 Å². The van der Waals surface area contributed by atoms with E-state index in [-0.39, 0.29) is 25.3 Å². The lowest BCUT2D eigenvalue weighted by atomic mass is 10.1. The van der Waals surface area contributed by atoms with Crippen molar-refractivity contribution < 1.29 is 29.0 Å². The van der Waals surface area contributed by atoms with Crippen molar-refractivity contribution in [3.05, 3.63) is 77.5 Å². The second kappa shape index (κ2) is 13.7. The lowest BCUT2D eigenvalue weighted by molar-refractivity contribution is -0.137. The number of aryl methyl sites for hydroxylation is 1. The molecule has 0 aliphatic rings. The zero-order valence-electron chi connectivity index (χ0n) is 22.4. The molecule has 1 heterocycles. The molecule has 0 aliphatic heterocycles. The molecule has 0 radical (unpaired) electrons. The molecule has 40 heavy (non-hydrogen) atoms. The molecule has 0 aliphatic carbocycles. The van der Waals surface area contributed by atoms with Crippen LogP contribution in [0.5, 0.6) is 5.75 Å².